The van der Waals surface area contributed by atoms with Crippen molar-refractivity contribution >= 4 is 40.8 Å². The first-order valence-corrected chi connectivity index (χ1v) is 10.4. The quantitative estimate of drug-likeness (QED) is 0.456. The SMILES string of the molecule is CC(C)Cc1cc(Oc2c(Cl)cc(NC(=O)C3(C(=O)O)CCC3)cc2Cl)ccc1O. The van der Waals surface area contributed by atoms with Gasteiger partial charge in [0.15, 0.2) is 5.75 Å². The lowest BCUT2D eigenvalue weighted by atomic mass is 9.68. The van der Waals surface area contributed by atoms with Crippen LogP contribution in [0.1, 0.15) is 38.7 Å². The Kier molecular flexibility index (Phi) is 6.48. The van der Waals surface area contributed by atoms with Gasteiger partial charge in [-0.15, -0.1) is 0 Å². The van der Waals surface area contributed by atoms with Gasteiger partial charge in [0.1, 0.15) is 16.9 Å². The molecule has 3 N–H and O–H groups in total. The van der Waals surface area contributed by atoms with Crippen molar-refractivity contribution in [1.82, 2.24) is 0 Å². The molecule has 0 aromatic heterocycles. The van der Waals surface area contributed by atoms with Gasteiger partial charge in [-0.1, -0.05) is 43.5 Å². The summed E-state index contributed by atoms with van der Waals surface area (Å²) >= 11 is 12.6. The van der Waals surface area contributed by atoms with Crippen LogP contribution in [0, 0.1) is 11.3 Å². The van der Waals surface area contributed by atoms with E-state index in [-0.39, 0.29) is 21.5 Å². The van der Waals surface area contributed by atoms with Crippen molar-refractivity contribution in [3.63, 3.8) is 0 Å². The monoisotopic (exact) mass is 451 g/mol. The number of aromatic hydroxyl groups is 1. The molecule has 0 saturated heterocycles. The summed E-state index contributed by atoms with van der Waals surface area (Å²) in [6, 6.07) is 7.81. The van der Waals surface area contributed by atoms with Gasteiger partial charge >= 0.3 is 5.97 Å². The Bertz CT molecular complexity index is 962. The summed E-state index contributed by atoms with van der Waals surface area (Å²) in [4.78, 5) is 24.0. The third kappa shape index (κ3) is 4.50. The number of aliphatic carboxylic acids is 1. The van der Waals surface area contributed by atoms with Gasteiger partial charge in [-0.25, -0.2) is 0 Å². The van der Waals surface area contributed by atoms with Gasteiger partial charge < -0.3 is 20.3 Å². The number of phenols is 1. The van der Waals surface area contributed by atoms with Crippen LogP contribution in [0.3, 0.4) is 0 Å². The molecule has 1 saturated carbocycles. The molecule has 160 valence electrons. The maximum absolute atomic E-state index is 12.5. The number of halogens is 2. The normalized spacial score (nSPS) is 14.8. The lowest BCUT2D eigenvalue weighted by molar-refractivity contribution is -0.159. The molecule has 2 aromatic carbocycles. The summed E-state index contributed by atoms with van der Waals surface area (Å²) < 4.78 is 5.83. The molecule has 3 rings (SSSR count). The van der Waals surface area contributed by atoms with Gasteiger partial charge in [0.25, 0.3) is 0 Å². The third-order valence-electron chi connectivity index (χ3n) is 5.21. The Labute approximate surface area is 184 Å². The zero-order valence-electron chi connectivity index (χ0n) is 16.7. The molecule has 0 radical (unpaired) electrons. The van der Waals surface area contributed by atoms with Crippen LogP contribution in [-0.4, -0.2) is 22.1 Å². The summed E-state index contributed by atoms with van der Waals surface area (Å²) in [5.74, 6) is -0.509. The van der Waals surface area contributed by atoms with Crippen LogP contribution >= 0.6 is 23.2 Å². The van der Waals surface area contributed by atoms with Crippen molar-refractivity contribution in [1.29, 1.82) is 0 Å². The summed E-state index contributed by atoms with van der Waals surface area (Å²) in [5.41, 5.74) is -0.355. The minimum atomic E-state index is -1.40. The Hall–Kier alpha value is -2.44. The summed E-state index contributed by atoms with van der Waals surface area (Å²) in [7, 11) is 0. The molecule has 0 heterocycles. The smallest absolute Gasteiger partial charge is 0.319 e. The van der Waals surface area contributed by atoms with Gasteiger partial charge in [-0.3, -0.25) is 9.59 Å². The van der Waals surface area contributed by atoms with Crippen molar-refractivity contribution in [2.75, 3.05) is 5.32 Å². The van der Waals surface area contributed by atoms with E-state index in [0.29, 0.717) is 43.0 Å². The standard InChI is InChI=1S/C22H23Cl2NO5/c1-12(2)8-13-9-15(4-5-18(13)26)30-19-16(23)10-14(11-17(19)24)25-20(27)22(21(28)29)6-3-7-22/h4-5,9-12,26H,3,6-8H2,1-2H3,(H,25,27)(H,28,29). The summed E-state index contributed by atoms with van der Waals surface area (Å²) in [6.07, 6.45) is 1.98. The number of nitrogens with one attached hydrogen (secondary N) is 1. The molecule has 1 aliphatic carbocycles. The number of anilines is 1. The van der Waals surface area contributed by atoms with Crippen molar-refractivity contribution in [3.05, 3.63) is 45.9 Å². The fourth-order valence-electron chi connectivity index (χ4n) is 3.40. The highest BCUT2D eigenvalue weighted by molar-refractivity contribution is 6.37. The van der Waals surface area contributed by atoms with Crippen molar-refractivity contribution < 1.29 is 24.5 Å². The third-order valence-corrected chi connectivity index (χ3v) is 5.77. The van der Waals surface area contributed by atoms with Crippen LogP contribution in [0.25, 0.3) is 0 Å². The molecule has 8 heteroatoms. The molecule has 1 amide bonds. The molecule has 1 aliphatic rings. The largest absolute Gasteiger partial charge is 0.508 e. The predicted molar refractivity (Wildman–Crippen MR) is 116 cm³/mol. The molecule has 0 aliphatic heterocycles. The van der Waals surface area contributed by atoms with Gasteiger partial charge in [-0.05, 0) is 61.1 Å². The average Bonchev–Trinajstić information content (AvgIpc) is 2.59. The van der Waals surface area contributed by atoms with E-state index >= 15 is 0 Å². The number of carbonyl (C=O) groups is 2. The summed E-state index contributed by atoms with van der Waals surface area (Å²) in [6.45, 7) is 4.09. The van der Waals surface area contributed by atoms with Gasteiger partial charge in [-0.2, -0.15) is 0 Å². The Morgan fingerprint density at radius 2 is 1.80 bits per heavy atom. The number of rotatable bonds is 7. The topological polar surface area (TPSA) is 95.9 Å². The molecule has 0 spiro atoms. The summed E-state index contributed by atoms with van der Waals surface area (Å²) in [5, 5.41) is 22.3. The second-order valence-electron chi connectivity index (χ2n) is 7.95. The Morgan fingerprint density at radius 1 is 1.17 bits per heavy atom. The van der Waals surface area contributed by atoms with Crippen molar-refractivity contribution in [2.45, 2.75) is 39.5 Å². The lowest BCUT2D eigenvalue weighted by Crippen LogP contribution is -2.48. The number of ether oxygens (including phenoxy) is 1. The van der Waals surface area contributed by atoms with Crippen LogP contribution in [-0.2, 0) is 16.0 Å². The van der Waals surface area contributed by atoms with Crippen LogP contribution in [0.15, 0.2) is 30.3 Å². The van der Waals surface area contributed by atoms with E-state index in [1.807, 2.05) is 13.8 Å². The van der Waals surface area contributed by atoms with E-state index in [2.05, 4.69) is 5.32 Å². The van der Waals surface area contributed by atoms with Crippen LogP contribution in [0.5, 0.6) is 17.2 Å². The first kappa shape index (κ1) is 22.2. The van der Waals surface area contributed by atoms with Gasteiger partial charge in [0, 0.05) is 5.69 Å². The molecule has 0 atom stereocenters. The molecule has 0 unspecified atom stereocenters. The van der Waals surface area contributed by atoms with E-state index in [9.17, 15) is 19.8 Å². The van der Waals surface area contributed by atoms with Crippen molar-refractivity contribution in [2.24, 2.45) is 11.3 Å². The molecule has 0 bridgehead atoms. The maximum atomic E-state index is 12.5. The Morgan fingerprint density at radius 3 is 2.30 bits per heavy atom. The second-order valence-corrected chi connectivity index (χ2v) is 8.77. The molecular weight excluding hydrogens is 429 g/mol. The second kappa shape index (κ2) is 8.74. The molecular formula is C22H23Cl2NO5. The van der Waals surface area contributed by atoms with E-state index < -0.39 is 17.3 Å². The number of amides is 1. The number of hydrogen-bond donors (Lipinski definition) is 3. The number of phenolic OH excluding ortho intramolecular Hbond substituents is 1. The van der Waals surface area contributed by atoms with E-state index in [1.165, 1.54) is 12.1 Å². The van der Waals surface area contributed by atoms with Crippen LogP contribution < -0.4 is 10.1 Å². The highest BCUT2D eigenvalue weighted by atomic mass is 35.5. The van der Waals surface area contributed by atoms with Gasteiger partial charge in [0.2, 0.25) is 5.91 Å². The first-order chi connectivity index (χ1) is 14.1. The van der Waals surface area contributed by atoms with E-state index in [4.69, 9.17) is 27.9 Å². The first-order valence-electron chi connectivity index (χ1n) is 9.66. The van der Waals surface area contributed by atoms with Crippen molar-refractivity contribution in [3.8, 4) is 17.2 Å². The fourth-order valence-corrected chi connectivity index (χ4v) is 3.96. The highest BCUT2D eigenvalue weighted by Crippen LogP contribution is 2.44. The number of carboxylic acids is 1. The van der Waals surface area contributed by atoms with Gasteiger partial charge in [0.05, 0.1) is 10.0 Å². The number of carbonyl (C=O) groups excluding carboxylic acids is 1. The predicted octanol–water partition coefficient (Wildman–Crippen LogP) is 5.88. The minimum Gasteiger partial charge on any atom is -0.508 e. The molecule has 2 aromatic rings. The zero-order chi connectivity index (χ0) is 22.1. The Balaban J connectivity index is 1.80. The average molecular weight is 452 g/mol. The highest BCUT2D eigenvalue weighted by Gasteiger charge is 2.51. The molecule has 30 heavy (non-hydrogen) atoms. The fraction of sp³-hybridized carbons (Fsp3) is 0.364. The van der Waals surface area contributed by atoms with Crippen LogP contribution in [0.2, 0.25) is 10.0 Å². The zero-order valence-corrected chi connectivity index (χ0v) is 18.2. The number of benzene rings is 2. The molecule has 1 fully saturated rings. The van der Waals surface area contributed by atoms with Crippen LogP contribution in [0.4, 0.5) is 5.69 Å². The van der Waals surface area contributed by atoms with E-state index in [0.717, 1.165) is 5.56 Å². The lowest BCUT2D eigenvalue weighted by Gasteiger charge is -2.35. The number of carboxylic acid groups (broad SMARTS) is 1. The molecule has 6 nitrogen and oxygen atoms in total. The number of hydrogen-bond acceptors (Lipinski definition) is 4. The van der Waals surface area contributed by atoms with E-state index in [1.54, 1.807) is 18.2 Å². The maximum Gasteiger partial charge on any atom is 0.319 e. The minimum absolute atomic E-state index is 0.161.